The van der Waals surface area contributed by atoms with Crippen molar-refractivity contribution in [1.82, 2.24) is 9.13 Å². The first-order chi connectivity index (χ1) is 8.85. The van der Waals surface area contributed by atoms with Gasteiger partial charge in [-0.2, -0.15) is 0 Å². The van der Waals surface area contributed by atoms with Crippen LogP contribution in [0.5, 0.6) is 0 Å². The molecule has 5 nitrogen and oxygen atoms in total. The molecule has 2 aromatic rings. The van der Waals surface area contributed by atoms with Crippen LogP contribution >= 0.6 is 0 Å². The Labute approximate surface area is 112 Å². The summed E-state index contributed by atoms with van der Waals surface area (Å²) in [6.45, 7) is 4.21. The molecule has 104 valence electrons. The number of aromatic nitrogens is 2. The number of fused-ring (bicyclic) bond motifs is 1. The number of aryl methyl sites for hydroxylation is 2. The molecule has 0 amide bonds. The number of imidazole rings is 1. The van der Waals surface area contributed by atoms with Gasteiger partial charge in [-0.3, -0.25) is 9.13 Å². The third-order valence-electron chi connectivity index (χ3n) is 3.81. The number of hydrogen-bond acceptors (Lipinski definition) is 3. The second kappa shape index (κ2) is 4.74. The summed E-state index contributed by atoms with van der Waals surface area (Å²) in [5.41, 5.74) is 7.27. The molecule has 19 heavy (non-hydrogen) atoms. The van der Waals surface area contributed by atoms with E-state index in [1.54, 1.807) is 35.2 Å². The van der Waals surface area contributed by atoms with E-state index in [0.717, 1.165) is 11.0 Å². The number of nitrogen functional groups attached to an aromatic ring is 1. The van der Waals surface area contributed by atoms with Gasteiger partial charge in [0.1, 0.15) is 0 Å². The van der Waals surface area contributed by atoms with Gasteiger partial charge in [-0.15, -0.1) is 0 Å². The molecule has 1 heterocycles. The summed E-state index contributed by atoms with van der Waals surface area (Å²) in [7, 11) is 1.75. The highest BCUT2D eigenvalue weighted by Crippen LogP contribution is 2.19. The molecule has 1 unspecified atom stereocenters. The number of anilines is 1. The van der Waals surface area contributed by atoms with Crippen molar-refractivity contribution < 1.29 is 5.11 Å². The predicted molar refractivity (Wildman–Crippen MR) is 77.1 cm³/mol. The van der Waals surface area contributed by atoms with Crippen LogP contribution in [0.15, 0.2) is 23.0 Å². The molecule has 3 N–H and O–H groups in total. The Bertz CT molecular complexity index is 652. The van der Waals surface area contributed by atoms with Crippen LogP contribution in [0.4, 0.5) is 5.69 Å². The second-order valence-electron chi connectivity index (χ2n) is 5.34. The van der Waals surface area contributed by atoms with Crippen molar-refractivity contribution >= 4 is 16.7 Å². The standard InChI is InChI=1S/C14H21N3O2/c1-4-14(2,19)7-8-17-12-9-10(15)5-6-11(12)16(3)13(17)18/h5-6,9,19H,4,7-8,15H2,1-3H3. The van der Waals surface area contributed by atoms with Gasteiger partial charge in [-0.1, -0.05) is 6.92 Å². The quantitative estimate of drug-likeness (QED) is 0.820. The minimum Gasteiger partial charge on any atom is -0.399 e. The number of nitrogens with zero attached hydrogens (tertiary/aromatic N) is 2. The summed E-state index contributed by atoms with van der Waals surface area (Å²) in [4.78, 5) is 12.2. The Balaban J connectivity index is 2.45. The van der Waals surface area contributed by atoms with Gasteiger partial charge in [0.25, 0.3) is 0 Å². The van der Waals surface area contributed by atoms with E-state index in [9.17, 15) is 9.90 Å². The Morgan fingerprint density at radius 2 is 2.05 bits per heavy atom. The highest BCUT2D eigenvalue weighted by atomic mass is 16.3. The molecule has 0 saturated carbocycles. The minimum atomic E-state index is -0.748. The second-order valence-corrected chi connectivity index (χ2v) is 5.34. The van der Waals surface area contributed by atoms with Crippen LogP contribution in [0.3, 0.4) is 0 Å². The molecule has 1 aromatic carbocycles. The van der Waals surface area contributed by atoms with Gasteiger partial charge < -0.3 is 10.8 Å². The molecule has 2 rings (SSSR count). The summed E-state index contributed by atoms with van der Waals surface area (Å²) in [6, 6.07) is 5.44. The van der Waals surface area contributed by atoms with Crippen LogP contribution < -0.4 is 11.4 Å². The van der Waals surface area contributed by atoms with E-state index in [4.69, 9.17) is 5.73 Å². The van der Waals surface area contributed by atoms with Crippen molar-refractivity contribution in [2.45, 2.75) is 38.8 Å². The van der Waals surface area contributed by atoms with Gasteiger partial charge in [0, 0.05) is 19.3 Å². The van der Waals surface area contributed by atoms with Gasteiger partial charge in [0.15, 0.2) is 0 Å². The fourth-order valence-corrected chi connectivity index (χ4v) is 2.17. The maximum absolute atomic E-state index is 12.2. The van der Waals surface area contributed by atoms with Crippen LogP contribution in [0.2, 0.25) is 0 Å². The summed E-state index contributed by atoms with van der Waals surface area (Å²) in [5.74, 6) is 0. The smallest absolute Gasteiger partial charge is 0.328 e. The van der Waals surface area contributed by atoms with Crippen LogP contribution in [0.25, 0.3) is 11.0 Å². The summed E-state index contributed by atoms with van der Waals surface area (Å²) in [5, 5.41) is 10.1. The molecule has 5 heteroatoms. The van der Waals surface area contributed by atoms with Crippen LogP contribution in [-0.4, -0.2) is 19.8 Å². The van der Waals surface area contributed by atoms with Gasteiger partial charge in [0.2, 0.25) is 0 Å². The average Bonchev–Trinajstić information content (AvgIpc) is 2.60. The molecule has 0 fully saturated rings. The SMILES string of the molecule is CCC(C)(O)CCn1c(=O)n(C)c2ccc(N)cc21. The van der Waals surface area contributed by atoms with Crippen LogP contribution in [-0.2, 0) is 13.6 Å². The lowest BCUT2D eigenvalue weighted by Gasteiger charge is -2.21. The molecule has 1 aromatic heterocycles. The molecule has 0 aliphatic rings. The third kappa shape index (κ3) is 2.51. The lowest BCUT2D eigenvalue weighted by molar-refractivity contribution is 0.0426. The molecule has 0 aliphatic heterocycles. The largest absolute Gasteiger partial charge is 0.399 e. The summed E-state index contributed by atoms with van der Waals surface area (Å²) >= 11 is 0. The molecule has 0 saturated heterocycles. The fraction of sp³-hybridized carbons (Fsp3) is 0.500. The van der Waals surface area contributed by atoms with Crippen LogP contribution in [0, 0.1) is 0 Å². The normalized spacial score (nSPS) is 14.7. The highest BCUT2D eigenvalue weighted by Gasteiger charge is 2.19. The first-order valence-corrected chi connectivity index (χ1v) is 6.53. The van der Waals surface area contributed by atoms with E-state index in [-0.39, 0.29) is 5.69 Å². The first-order valence-electron chi connectivity index (χ1n) is 6.53. The maximum Gasteiger partial charge on any atom is 0.328 e. The van der Waals surface area contributed by atoms with E-state index in [0.29, 0.717) is 25.1 Å². The van der Waals surface area contributed by atoms with E-state index in [2.05, 4.69) is 0 Å². The van der Waals surface area contributed by atoms with Crippen molar-refractivity contribution in [2.24, 2.45) is 7.05 Å². The average molecular weight is 263 g/mol. The number of nitrogens with two attached hydrogens (primary N) is 1. The summed E-state index contributed by atoms with van der Waals surface area (Å²) in [6.07, 6.45) is 1.20. The Kier molecular flexibility index (Phi) is 3.41. The number of aliphatic hydroxyl groups is 1. The Morgan fingerprint density at radius 1 is 1.37 bits per heavy atom. The molecular formula is C14H21N3O2. The highest BCUT2D eigenvalue weighted by molar-refractivity contribution is 5.79. The maximum atomic E-state index is 12.2. The molecule has 0 bridgehead atoms. The first kappa shape index (κ1) is 13.7. The zero-order chi connectivity index (χ0) is 14.2. The lowest BCUT2D eigenvalue weighted by atomic mass is 9.99. The van der Waals surface area contributed by atoms with E-state index in [1.165, 1.54) is 0 Å². The molecule has 1 atom stereocenters. The van der Waals surface area contributed by atoms with Gasteiger partial charge in [-0.05, 0) is 38.0 Å². The van der Waals surface area contributed by atoms with Crippen molar-refractivity contribution in [3.8, 4) is 0 Å². The molecule has 0 radical (unpaired) electrons. The van der Waals surface area contributed by atoms with Gasteiger partial charge in [-0.25, -0.2) is 4.79 Å². The van der Waals surface area contributed by atoms with E-state index >= 15 is 0 Å². The van der Waals surface area contributed by atoms with Crippen molar-refractivity contribution in [2.75, 3.05) is 5.73 Å². The molecule has 0 aliphatic carbocycles. The van der Waals surface area contributed by atoms with Crippen molar-refractivity contribution in [3.63, 3.8) is 0 Å². The monoisotopic (exact) mass is 263 g/mol. The minimum absolute atomic E-state index is 0.0764. The molecular weight excluding hydrogens is 242 g/mol. The lowest BCUT2D eigenvalue weighted by Crippen LogP contribution is -2.29. The topological polar surface area (TPSA) is 73.2 Å². The summed E-state index contributed by atoms with van der Waals surface area (Å²) < 4.78 is 3.28. The Hall–Kier alpha value is -1.75. The number of rotatable bonds is 4. The van der Waals surface area contributed by atoms with Gasteiger partial charge in [0.05, 0.1) is 16.6 Å². The van der Waals surface area contributed by atoms with Crippen molar-refractivity contribution in [3.05, 3.63) is 28.7 Å². The number of hydrogen-bond donors (Lipinski definition) is 2. The fourth-order valence-electron chi connectivity index (χ4n) is 2.17. The zero-order valence-electron chi connectivity index (χ0n) is 11.7. The van der Waals surface area contributed by atoms with E-state index < -0.39 is 5.60 Å². The zero-order valence-corrected chi connectivity index (χ0v) is 11.7. The van der Waals surface area contributed by atoms with E-state index in [1.807, 2.05) is 13.0 Å². The van der Waals surface area contributed by atoms with Crippen LogP contribution in [0.1, 0.15) is 26.7 Å². The van der Waals surface area contributed by atoms with Gasteiger partial charge >= 0.3 is 5.69 Å². The molecule has 0 spiro atoms. The number of benzene rings is 1. The Morgan fingerprint density at radius 3 is 2.68 bits per heavy atom. The predicted octanol–water partition coefficient (Wildman–Crippen LogP) is 1.47. The third-order valence-corrected chi connectivity index (χ3v) is 3.81. The van der Waals surface area contributed by atoms with Crippen molar-refractivity contribution in [1.29, 1.82) is 0 Å².